The number of nitrogens with zero attached hydrogens (tertiary/aromatic N) is 1. The van der Waals surface area contributed by atoms with Gasteiger partial charge in [0.2, 0.25) is 0 Å². The average Bonchev–Trinajstić information content (AvgIpc) is 2.78. The largest absolute Gasteiger partial charge is 0.321 e. The zero-order chi connectivity index (χ0) is 10.7. The normalized spacial score (nSPS) is 12.7. The zero-order valence-electron chi connectivity index (χ0n) is 9.35. The van der Waals surface area contributed by atoms with Gasteiger partial charge in [0.1, 0.15) is 0 Å². The van der Waals surface area contributed by atoms with Crippen LogP contribution in [0.5, 0.6) is 0 Å². The van der Waals surface area contributed by atoms with E-state index in [1.165, 1.54) is 17.8 Å². The summed E-state index contributed by atoms with van der Waals surface area (Å²) in [6, 6.07) is 14.8. The van der Waals surface area contributed by atoms with Crippen LogP contribution in [0.2, 0.25) is 0 Å². The van der Waals surface area contributed by atoms with Crippen molar-refractivity contribution in [1.82, 2.24) is 4.57 Å². The molecule has 1 atom stereocenters. The Balaban J connectivity index is 2.41. The van der Waals surface area contributed by atoms with Gasteiger partial charge in [-0.1, -0.05) is 32.0 Å². The van der Waals surface area contributed by atoms with Crippen LogP contribution < -0.4 is 0 Å². The Morgan fingerprint density at radius 2 is 1.80 bits per heavy atom. The van der Waals surface area contributed by atoms with Crippen LogP contribution in [-0.2, 0) is 0 Å². The Hall–Kier alpha value is -1.50. The van der Waals surface area contributed by atoms with E-state index in [-0.39, 0.29) is 0 Å². The predicted molar refractivity (Wildman–Crippen MR) is 64.5 cm³/mol. The number of benzene rings is 1. The Bertz CT molecular complexity index is 414. The fourth-order valence-electron chi connectivity index (χ4n) is 1.83. The minimum absolute atomic E-state index is 0.611. The van der Waals surface area contributed by atoms with Crippen molar-refractivity contribution in [2.24, 2.45) is 0 Å². The number of aromatic nitrogens is 1. The molecule has 15 heavy (non-hydrogen) atoms. The Kier molecular flexibility index (Phi) is 2.91. The highest BCUT2D eigenvalue weighted by atomic mass is 15.0. The molecule has 1 heterocycles. The molecule has 1 nitrogen and oxygen atoms in total. The lowest BCUT2D eigenvalue weighted by Crippen LogP contribution is -2.01. The maximum Gasteiger partial charge on any atom is 0.0452 e. The van der Waals surface area contributed by atoms with E-state index >= 15 is 0 Å². The van der Waals surface area contributed by atoms with Gasteiger partial charge < -0.3 is 4.57 Å². The van der Waals surface area contributed by atoms with E-state index in [1.54, 1.807) is 0 Å². The molecule has 0 bridgehead atoms. The first-order chi connectivity index (χ1) is 7.33. The van der Waals surface area contributed by atoms with E-state index < -0.39 is 0 Å². The van der Waals surface area contributed by atoms with Gasteiger partial charge in [-0.15, -0.1) is 0 Å². The molecule has 0 aliphatic heterocycles. The molecular weight excluding hydrogens is 182 g/mol. The number of rotatable bonds is 3. The smallest absolute Gasteiger partial charge is 0.0452 e. The zero-order valence-corrected chi connectivity index (χ0v) is 9.35. The fourth-order valence-corrected chi connectivity index (χ4v) is 1.83. The average molecular weight is 199 g/mol. The van der Waals surface area contributed by atoms with Crippen LogP contribution in [0.15, 0.2) is 48.7 Å². The third kappa shape index (κ3) is 1.96. The second-order valence-electron chi connectivity index (χ2n) is 3.95. The number of para-hydroxylation sites is 1. The lowest BCUT2D eigenvalue weighted by Gasteiger charge is -2.13. The third-order valence-corrected chi connectivity index (χ3v) is 2.93. The van der Waals surface area contributed by atoms with E-state index in [9.17, 15) is 0 Å². The molecule has 0 N–H and O–H groups in total. The predicted octanol–water partition coefficient (Wildman–Crippen LogP) is 3.99. The summed E-state index contributed by atoms with van der Waals surface area (Å²) in [5.74, 6) is 0.611. The van der Waals surface area contributed by atoms with Crippen LogP contribution in [0, 0.1) is 0 Å². The Labute approximate surface area is 91.4 Å². The molecule has 0 fully saturated rings. The van der Waals surface area contributed by atoms with Crippen molar-refractivity contribution in [2.75, 3.05) is 0 Å². The van der Waals surface area contributed by atoms with Crippen molar-refractivity contribution in [1.29, 1.82) is 0 Å². The molecule has 1 heteroatoms. The molecule has 0 aliphatic carbocycles. The minimum atomic E-state index is 0.611. The van der Waals surface area contributed by atoms with E-state index in [4.69, 9.17) is 0 Å². The molecule has 2 aromatic rings. The van der Waals surface area contributed by atoms with Gasteiger partial charge in [0.05, 0.1) is 0 Å². The lowest BCUT2D eigenvalue weighted by molar-refractivity contribution is 0.690. The van der Waals surface area contributed by atoms with E-state index in [0.717, 1.165) is 0 Å². The lowest BCUT2D eigenvalue weighted by atomic mass is 10.1. The van der Waals surface area contributed by atoms with Gasteiger partial charge in [0.15, 0.2) is 0 Å². The highest BCUT2D eigenvalue weighted by Gasteiger charge is 2.08. The van der Waals surface area contributed by atoms with Crippen molar-refractivity contribution < 1.29 is 0 Å². The van der Waals surface area contributed by atoms with Crippen molar-refractivity contribution in [3.05, 3.63) is 54.4 Å². The first-order valence-corrected chi connectivity index (χ1v) is 5.55. The maximum absolute atomic E-state index is 2.27. The van der Waals surface area contributed by atoms with E-state index in [0.29, 0.717) is 5.92 Å². The van der Waals surface area contributed by atoms with Crippen LogP contribution in [0.1, 0.15) is 31.9 Å². The molecule has 1 aromatic heterocycles. The topological polar surface area (TPSA) is 4.93 Å². The molecule has 0 aliphatic rings. The molecule has 0 saturated heterocycles. The van der Waals surface area contributed by atoms with Gasteiger partial charge in [-0.25, -0.2) is 0 Å². The number of hydrogen-bond acceptors (Lipinski definition) is 0. The number of hydrogen-bond donors (Lipinski definition) is 0. The van der Waals surface area contributed by atoms with E-state index in [1.807, 2.05) is 0 Å². The summed E-state index contributed by atoms with van der Waals surface area (Å²) in [6.07, 6.45) is 3.31. The summed E-state index contributed by atoms with van der Waals surface area (Å²) in [5, 5.41) is 0. The van der Waals surface area contributed by atoms with Crippen molar-refractivity contribution >= 4 is 0 Å². The minimum Gasteiger partial charge on any atom is -0.321 e. The summed E-state index contributed by atoms with van der Waals surface area (Å²) in [7, 11) is 0. The van der Waals surface area contributed by atoms with Crippen LogP contribution >= 0.6 is 0 Å². The summed E-state index contributed by atoms with van der Waals surface area (Å²) in [4.78, 5) is 0. The molecule has 0 amide bonds. The first-order valence-electron chi connectivity index (χ1n) is 5.55. The molecular formula is C14H17N. The van der Waals surface area contributed by atoms with Gasteiger partial charge in [-0.05, 0) is 36.6 Å². The maximum atomic E-state index is 2.27. The van der Waals surface area contributed by atoms with Gasteiger partial charge in [0, 0.05) is 17.6 Å². The Morgan fingerprint density at radius 1 is 1.07 bits per heavy atom. The summed E-state index contributed by atoms with van der Waals surface area (Å²) >= 11 is 0. The molecule has 0 radical (unpaired) electrons. The highest BCUT2D eigenvalue weighted by Crippen LogP contribution is 2.22. The van der Waals surface area contributed by atoms with Gasteiger partial charge >= 0.3 is 0 Å². The molecule has 0 saturated carbocycles. The Morgan fingerprint density at radius 3 is 2.47 bits per heavy atom. The fraction of sp³-hybridized carbons (Fsp3) is 0.286. The van der Waals surface area contributed by atoms with Crippen molar-refractivity contribution in [3.63, 3.8) is 0 Å². The second-order valence-corrected chi connectivity index (χ2v) is 3.95. The first kappa shape index (κ1) is 10.0. The van der Waals surface area contributed by atoms with Crippen LogP contribution in [0.25, 0.3) is 5.69 Å². The van der Waals surface area contributed by atoms with Crippen molar-refractivity contribution in [2.45, 2.75) is 26.2 Å². The summed E-state index contributed by atoms with van der Waals surface area (Å²) in [5.41, 5.74) is 2.64. The molecule has 0 spiro atoms. The van der Waals surface area contributed by atoms with Gasteiger partial charge in [-0.3, -0.25) is 0 Å². The standard InChI is InChI=1S/C14H17N/c1-3-12(2)14-10-7-11-15(14)13-8-5-4-6-9-13/h4-12H,3H2,1-2H3. The van der Waals surface area contributed by atoms with Gasteiger partial charge in [0.25, 0.3) is 0 Å². The monoisotopic (exact) mass is 199 g/mol. The van der Waals surface area contributed by atoms with Gasteiger partial charge in [-0.2, -0.15) is 0 Å². The summed E-state index contributed by atoms with van der Waals surface area (Å²) < 4.78 is 2.27. The molecule has 2 rings (SSSR count). The highest BCUT2D eigenvalue weighted by molar-refractivity contribution is 5.35. The SMILES string of the molecule is CCC(C)c1cccn1-c1ccccc1. The van der Waals surface area contributed by atoms with Crippen LogP contribution in [0.3, 0.4) is 0 Å². The second kappa shape index (κ2) is 4.35. The molecule has 1 unspecified atom stereocenters. The van der Waals surface area contributed by atoms with Crippen LogP contribution in [0.4, 0.5) is 0 Å². The third-order valence-electron chi connectivity index (χ3n) is 2.93. The van der Waals surface area contributed by atoms with Crippen molar-refractivity contribution in [3.8, 4) is 5.69 Å². The van der Waals surface area contributed by atoms with Crippen LogP contribution in [-0.4, -0.2) is 4.57 Å². The quantitative estimate of drug-likeness (QED) is 0.704. The molecule has 1 aromatic carbocycles. The van der Waals surface area contributed by atoms with E-state index in [2.05, 4.69) is 67.1 Å². The molecule has 78 valence electrons. The summed E-state index contributed by atoms with van der Waals surface area (Å²) in [6.45, 7) is 4.50.